The van der Waals surface area contributed by atoms with E-state index in [-0.39, 0.29) is 12.7 Å². The van der Waals surface area contributed by atoms with Gasteiger partial charge in [-0.05, 0) is 42.3 Å². The molecule has 7 heteroatoms. The van der Waals surface area contributed by atoms with Crippen LogP contribution in [0.1, 0.15) is 24.1 Å². The van der Waals surface area contributed by atoms with Crippen LogP contribution in [-0.2, 0) is 17.1 Å². The van der Waals surface area contributed by atoms with Gasteiger partial charge >= 0.3 is 0 Å². The molecule has 1 aliphatic rings. The van der Waals surface area contributed by atoms with Gasteiger partial charge in [0.25, 0.3) is 0 Å². The number of carbonyl (C=O) groups excluding carboxylic acids is 1. The van der Waals surface area contributed by atoms with Gasteiger partial charge in [-0.2, -0.15) is 0 Å². The number of aromatic nitrogens is 2. The Kier molecular flexibility index (Phi) is 5.73. The van der Waals surface area contributed by atoms with Gasteiger partial charge in [0.15, 0.2) is 16.7 Å². The molecule has 32 heavy (non-hydrogen) atoms. The zero-order valence-corrected chi connectivity index (χ0v) is 18.5. The number of carbonyl (C=O) groups is 1. The highest BCUT2D eigenvalue weighted by Crippen LogP contribution is 2.33. The SMILES string of the molecule is CC(C(=O)NCc1ccc2c(c1)OCO2)n1c(SCc2ccccc2)nc2ccccc21. The average molecular weight is 446 g/mol. The van der Waals surface area contributed by atoms with E-state index in [1.54, 1.807) is 11.8 Å². The molecule has 1 unspecified atom stereocenters. The van der Waals surface area contributed by atoms with Gasteiger partial charge in [-0.1, -0.05) is 60.3 Å². The number of rotatable bonds is 7. The molecule has 162 valence electrons. The highest BCUT2D eigenvalue weighted by atomic mass is 32.2. The van der Waals surface area contributed by atoms with Crippen molar-refractivity contribution in [3.8, 4) is 11.5 Å². The summed E-state index contributed by atoms with van der Waals surface area (Å²) < 4.78 is 12.8. The highest BCUT2D eigenvalue weighted by Gasteiger charge is 2.22. The molecule has 0 saturated heterocycles. The predicted molar refractivity (Wildman–Crippen MR) is 125 cm³/mol. The van der Waals surface area contributed by atoms with E-state index >= 15 is 0 Å². The van der Waals surface area contributed by atoms with Crippen molar-refractivity contribution >= 4 is 28.7 Å². The third-order valence-corrected chi connectivity index (χ3v) is 6.47. The normalized spacial score (nSPS) is 13.3. The zero-order chi connectivity index (χ0) is 21.9. The molecule has 1 N–H and O–H groups in total. The van der Waals surface area contributed by atoms with Crippen LogP contribution in [0.15, 0.2) is 78.0 Å². The number of amides is 1. The summed E-state index contributed by atoms with van der Waals surface area (Å²) in [6, 6.07) is 23.5. The van der Waals surface area contributed by atoms with Crippen LogP contribution in [0, 0.1) is 0 Å². The number of benzene rings is 3. The van der Waals surface area contributed by atoms with Crippen LogP contribution < -0.4 is 14.8 Å². The van der Waals surface area contributed by atoms with Gasteiger partial charge in [0, 0.05) is 12.3 Å². The van der Waals surface area contributed by atoms with Gasteiger partial charge in [0.1, 0.15) is 6.04 Å². The first kappa shape index (κ1) is 20.5. The van der Waals surface area contributed by atoms with Crippen molar-refractivity contribution in [2.24, 2.45) is 0 Å². The smallest absolute Gasteiger partial charge is 0.243 e. The van der Waals surface area contributed by atoms with Crippen LogP contribution in [0.2, 0.25) is 0 Å². The number of thioether (sulfide) groups is 1. The summed E-state index contributed by atoms with van der Waals surface area (Å²) in [5, 5.41) is 3.88. The Morgan fingerprint density at radius 1 is 1.03 bits per heavy atom. The van der Waals surface area contributed by atoms with Gasteiger partial charge in [-0.3, -0.25) is 4.79 Å². The van der Waals surface area contributed by atoms with Crippen molar-refractivity contribution in [3.05, 3.63) is 83.9 Å². The standard InChI is InChI=1S/C25H23N3O3S/c1-17(24(29)26-14-19-11-12-22-23(13-19)31-16-30-22)28-21-10-6-5-9-20(21)27-25(28)32-15-18-7-3-2-4-8-18/h2-13,17H,14-16H2,1H3,(H,26,29). The number of hydrogen-bond acceptors (Lipinski definition) is 5. The molecule has 1 aliphatic heterocycles. The van der Waals surface area contributed by atoms with Crippen molar-refractivity contribution in [1.29, 1.82) is 0 Å². The first-order valence-electron chi connectivity index (χ1n) is 10.5. The van der Waals surface area contributed by atoms with E-state index in [1.165, 1.54) is 5.56 Å². The molecule has 4 aromatic rings. The van der Waals surface area contributed by atoms with Gasteiger partial charge in [0.2, 0.25) is 12.7 Å². The minimum Gasteiger partial charge on any atom is -0.454 e. The second-order valence-electron chi connectivity index (χ2n) is 7.61. The molecule has 2 heterocycles. The molecule has 0 fully saturated rings. The molecular formula is C25H23N3O3S. The lowest BCUT2D eigenvalue weighted by Crippen LogP contribution is -2.30. The first-order chi connectivity index (χ1) is 15.7. The van der Waals surface area contributed by atoms with Crippen molar-refractivity contribution < 1.29 is 14.3 Å². The number of ether oxygens (including phenoxy) is 2. The Balaban J connectivity index is 1.34. The summed E-state index contributed by atoms with van der Waals surface area (Å²) in [5.74, 6) is 2.17. The molecule has 1 amide bonds. The fourth-order valence-corrected chi connectivity index (χ4v) is 4.77. The molecule has 1 aromatic heterocycles. The van der Waals surface area contributed by atoms with E-state index in [1.807, 2.05) is 72.2 Å². The van der Waals surface area contributed by atoms with Crippen LogP contribution in [0.25, 0.3) is 11.0 Å². The molecule has 6 nitrogen and oxygen atoms in total. The van der Waals surface area contributed by atoms with Crippen LogP contribution >= 0.6 is 11.8 Å². The Labute approximate surface area is 190 Å². The van der Waals surface area contributed by atoms with Crippen molar-refractivity contribution in [3.63, 3.8) is 0 Å². The summed E-state index contributed by atoms with van der Waals surface area (Å²) in [6.07, 6.45) is 0. The maximum absolute atomic E-state index is 13.1. The summed E-state index contributed by atoms with van der Waals surface area (Å²) in [4.78, 5) is 17.9. The van der Waals surface area contributed by atoms with Gasteiger partial charge < -0.3 is 19.4 Å². The van der Waals surface area contributed by atoms with Crippen molar-refractivity contribution in [1.82, 2.24) is 14.9 Å². The summed E-state index contributed by atoms with van der Waals surface area (Å²) in [5.41, 5.74) is 4.02. The molecule has 0 saturated carbocycles. The van der Waals surface area contributed by atoms with Crippen molar-refractivity contribution in [2.45, 2.75) is 30.4 Å². The van der Waals surface area contributed by atoms with E-state index in [2.05, 4.69) is 17.4 Å². The third-order valence-electron chi connectivity index (χ3n) is 5.44. The minimum absolute atomic E-state index is 0.0626. The predicted octanol–water partition coefficient (Wildman–Crippen LogP) is 4.93. The van der Waals surface area contributed by atoms with Crippen molar-refractivity contribution in [2.75, 3.05) is 6.79 Å². The molecule has 0 aliphatic carbocycles. The number of nitrogens with zero attached hydrogens (tertiary/aromatic N) is 2. The number of imidazole rings is 1. The lowest BCUT2D eigenvalue weighted by Gasteiger charge is -2.17. The zero-order valence-electron chi connectivity index (χ0n) is 17.7. The molecule has 3 aromatic carbocycles. The van der Waals surface area contributed by atoms with E-state index in [4.69, 9.17) is 14.5 Å². The first-order valence-corrected chi connectivity index (χ1v) is 11.5. The maximum Gasteiger partial charge on any atom is 0.243 e. The topological polar surface area (TPSA) is 65.4 Å². The monoisotopic (exact) mass is 445 g/mol. The fraction of sp³-hybridized carbons (Fsp3) is 0.200. The summed E-state index contributed by atoms with van der Waals surface area (Å²) in [7, 11) is 0. The van der Waals surface area contributed by atoms with E-state index < -0.39 is 6.04 Å². The van der Waals surface area contributed by atoms with Crippen LogP contribution in [0.3, 0.4) is 0 Å². The number of para-hydroxylation sites is 2. The Hall–Kier alpha value is -3.45. The van der Waals surface area contributed by atoms with E-state index in [0.29, 0.717) is 12.3 Å². The number of nitrogens with one attached hydrogen (secondary N) is 1. The van der Waals surface area contributed by atoms with E-state index in [0.717, 1.165) is 33.3 Å². The Morgan fingerprint density at radius 3 is 2.69 bits per heavy atom. The average Bonchev–Trinajstić information content (AvgIpc) is 3.45. The highest BCUT2D eigenvalue weighted by molar-refractivity contribution is 7.98. The van der Waals surface area contributed by atoms with E-state index in [9.17, 15) is 4.79 Å². The quantitative estimate of drug-likeness (QED) is 0.409. The van der Waals surface area contributed by atoms with Crippen LogP contribution in [0.5, 0.6) is 11.5 Å². The van der Waals surface area contributed by atoms with Gasteiger partial charge in [-0.15, -0.1) is 0 Å². The molecule has 1 atom stereocenters. The lowest BCUT2D eigenvalue weighted by molar-refractivity contribution is -0.124. The molecule has 0 spiro atoms. The fourth-order valence-electron chi connectivity index (χ4n) is 3.73. The van der Waals surface area contributed by atoms with Gasteiger partial charge in [0.05, 0.1) is 11.0 Å². The number of hydrogen-bond donors (Lipinski definition) is 1. The summed E-state index contributed by atoms with van der Waals surface area (Å²) in [6.45, 7) is 2.56. The Bertz CT molecular complexity index is 1260. The molecule has 0 radical (unpaired) electrons. The van der Waals surface area contributed by atoms with Gasteiger partial charge in [-0.25, -0.2) is 4.98 Å². The number of fused-ring (bicyclic) bond motifs is 2. The maximum atomic E-state index is 13.1. The van der Waals surface area contributed by atoms with Crippen LogP contribution in [-0.4, -0.2) is 22.3 Å². The third kappa shape index (κ3) is 4.16. The largest absolute Gasteiger partial charge is 0.454 e. The lowest BCUT2D eigenvalue weighted by atomic mass is 10.2. The molecular weight excluding hydrogens is 422 g/mol. The second-order valence-corrected chi connectivity index (χ2v) is 8.55. The van der Waals surface area contributed by atoms with Crippen LogP contribution in [0.4, 0.5) is 0 Å². The minimum atomic E-state index is -0.408. The Morgan fingerprint density at radius 2 is 1.81 bits per heavy atom. The summed E-state index contributed by atoms with van der Waals surface area (Å²) >= 11 is 1.64. The molecule has 5 rings (SSSR count). The molecule has 0 bridgehead atoms. The second kappa shape index (κ2) is 8.96.